The Morgan fingerprint density at radius 2 is 2.06 bits per heavy atom. The first-order chi connectivity index (χ1) is 15.6. The van der Waals surface area contributed by atoms with Crippen LogP contribution in [-0.2, 0) is 29.0 Å². The Bertz CT molecular complexity index is 1200. The summed E-state index contributed by atoms with van der Waals surface area (Å²) in [7, 11) is 0. The highest BCUT2D eigenvalue weighted by molar-refractivity contribution is 7.16. The van der Waals surface area contributed by atoms with Crippen LogP contribution in [0, 0.1) is 17.2 Å². The first-order valence-electron chi connectivity index (χ1n) is 10.7. The van der Waals surface area contributed by atoms with Crippen molar-refractivity contribution in [2.45, 2.75) is 31.7 Å². The summed E-state index contributed by atoms with van der Waals surface area (Å²) in [5, 5.41) is 13.4. The number of hydrogen-bond donors (Lipinski definition) is 1. The fourth-order valence-corrected chi connectivity index (χ4v) is 5.59. The number of carbonyl (C=O) groups excluding carboxylic acids is 2. The third-order valence-electron chi connectivity index (χ3n) is 6.19. The number of rotatable bonds is 5. The molecule has 2 unspecified atom stereocenters. The number of nitrogens with zero attached hydrogens (tertiary/aromatic N) is 3. The zero-order valence-corrected chi connectivity index (χ0v) is 18.3. The lowest BCUT2D eigenvalue weighted by Crippen LogP contribution is -2.36. The second kappa shape index (κ2) is 8.56. The van der Waals surface area contributed by atoms with Crippen LogP contribution in [0.2, 0.25) is 0 Å². The number of thiophene rings is 1. The van der Waals surface area contributed by atoms with Gasteiger partial charge in [-0.2, -0.15) is 5.26 Å². The molecule has 1 N–H and O–H groups in total. The lowest BCUT2D eigenvalue weighted by Gasteiger charge is -2.27. The number of pyridine rings is 1. The molecule has 7 heteroatoms. The number of hydrogen-bond acceptors (Lipinski definition) is 5. The van der Waals surface area contributed by atoms with E-state index in [0.29, 0.717) is 36.5 Å². The van der Waals surface area contributed by atoms with Gasteiger partial charge in [0.15, 0.2) is 0 Å². The van der Waals surface area contributed by atoms with Crippen LogP contribution in [0.15, 0.2) is 54.9 Å². The van der Waals surface area contributed by atoms with Gasteiger partial charge in [0.25, 0.3) is 0 Å². The lowest BCUT2D eigenvalue weighted by molar-refractivity contribution is -0.131. The zero-order chi connectivity index (χ0) is 22.1. The van der Waals surface area contributed by atoms with Crippen molar-refractivity contribution < 1.29 is 9.59 Å². The van der Waals surface area contributed by atoms with Crippen molar-refractivity contribution >= 4 is 28.2 Å². The van der Waals surface area contributed by atoms with Gasteiger partial charge in [-0.25, -0.2) is 0 Å². The summed E-state index contributed by atoms with van der Waals surface area (Å²) in [5.74, 6) is 0.209. The van der Waals surface area contributed by atoms with Gasteiger partial charge in [-0.1, -0.05) is 36.4 Å². The average molecular weight is 443 g/mol. The number of fused-ring (bicyclic) bond motifs is 1. The molecule has 2 aromatic heterocycles. The van der Waals surface area contributed by atoms with Crippen LogP contribution in [0.4, 0.5) is 5.00 Å². The second-order valence-corrected chi connectivity index (χ2v) is 9.38. The Hall–Kier alpha value is -3.50. The van der Waals surface area contributed by atoms with Crippen molar-refractivity contribution in [1.29, 1.82) is 5.26 Å². The predicted molar refractivity (Wildman–Crippen MR) is 122 cm³/mol. The van der Waals surface area contributed by atoms with E-state index in [0.717, 1.165) is 22.4 Å². The molecular formula is C25H22N4O2S. The van der Waals surface area contributed by atoms with Gasteiger partial charge < -0.3 is 10.2 Å². The SMILES string of the molecule is N#Cc1c(NC(=O)C2CC2c2ccccc2)sc2c1CCN(C(=O)Cc1cccnc1)C2. The van der Waals surface area contributed by atoms with Gasteiger partial charge in [0.2, 0.25) is 11.8 Å². The molecule has 3 aromatic rings. The smallest absolute Gasteiger partial charge is 0.228 e. The van der Waals surface area contributed by atoms with Crippen LogP contribution >= 0.6 is 11.3 Å². The number of nitrogens with one attached hydrogen (secondary N) is 1. The van der Waals surface area contributed by atoms with Crippen LogP contribution in [-0.4, -0.2) is 28.2 Å². The number of nitriles is 1. The molecule has 0 saturated heterocycles. The molecular weight excluding hydrogens is 420 g/mol. The average Bonchev–Trinajstić information content (AvgIpc) is 3.56. The minimum absolute atomic E-state index is 0.0292. The number of carbonyl (C=O) groups is 2. The van der Waals surface area contributed by atoms with Crippen molar-refractivity contribution in [2.75, 3.05) is 11.9 Å². The molecule has 5 rings (SSSR count). The summed E-state index contributed by atoms with van der Waals surface area (Å²) >= 11 is 1.42. The minimum Gasteiger partial charge on any atom is -0.337 e. The van der Waals surface area contributed by atoms with Crippen LogP contribution in [0.3, 0.4) is 0 Å². The van der Waals surface area contributed by atoms with Gasteiger partial charge in [-0.15, -0.1) is 11.3 Å². The number of benzene rings is 1. The van der Waals surface area contributed by atoms with E-state index in [2.05, 4.69) is 28.5 Å². The van der Waals surface area contributed by atoms with E-state index in [4.69, 9.17) is 0 Å². The lowest BCUT2D eigenvalue weighted by atomic mass is 10.0. The first-order valence-corrected chi connectivity index (χ1v) is 11.5. The van der Waals surface area contributed by atoms with Gasteiger partial charge >= 0.3 is 0 Å². The fraction of sp³-hybridized carbons (Fsp3) is 0.280. The van der Waals surface area contributed by atoms with Gasteiger partial charge in [-0.05, 0) is 41.5 Å². The molecule has 6 nitrogen and oxygen atoms in total. The van der Waals surface area contributed by atoms with E-state index in [1.807, 2.05) is 35.2 Å². The summed E-state index contributed by atoms with van der Waals surface area (Å²) in [6.07, 6.45) is 5.17. The van der Waals surface area contributed by atoms with Crippen molar-refractivity contribution in [3.8, 4) is 6.07 Å². The Kier molecular flexibility index (Phi) is 5.46. The molecule has 0 radical (unpaired) electrons. The van der Waals surface area contributed by atoms with E-state index in [1.54, 1.807) is 12.4 Å². The molecule has 3 heterocycles. The third kappa shape index (κ3) is 4.02. The topological polar surface area (TPSA) is 86.1 Å². The van der Waals surface area contributed by atoms with E-state index < -0.39 is 0 Å². The Morgan fingerprint density at radius 1 is 1.22 bits per heavy atom. The quantitative estimate of drug-likeness (QED) is 0.650. The summed E-state index contributed by atoms with van der Waals surface area (Å²) < 4.78 is 0. The van der Waals surface area contributed by atoms with E-state index >= 15 is 0 Å². The van der Waals surface area contributed by atoms with E-state index in [-0.39, 0.29) is 23.7 Å². The van der Waals surface area contributed by atoms with Crippen LogP contribution in [0.5, 0.6) is 0 Å². The number of anilines is 1. The molecule has 1 aliphatic heterocycles. The van der Waals surface area contributed by atoms with Gasteiger partial charge in [0.05, 0.1) is 18.5 Å². The Morgan fingerprint density at radius 3 is 2.81 bits per heavy atom. The molecule has 1 aromatic carbocycles. The molecule has 0 spiro atoms. The van der Waals surface area contributed by atoms with E-state index in [9.17, 15) is 14.9 Å². The van der Waals surface area contributed by atoms with Crippen LogP contribution < -0.4 is 5.32 Å². The largest absolute Gasteiger partial charge is 0.337 e. The molecule has 160 valence electrons. The Balaban J connectivity index is 1.27. The summed E-state index contributed by atoms with van der Waals surface area (Å²) in [6.45, 7) is 1.04. The molecule has 0 bridgehead atoms. The molecule has 2 aliphatic rings. The minimum atomic E-state index is -0.0550. The molecule has 1 fully saturated rings. The molecule has 32 heavy (non-hydrogen) atoms. The molecule has 1 saturated carbocycles. The van der Waals surface area contributed by atoms with Gasteiger partial charge in [0, 0.05) is 29.7 Å². The maximum atomic E-state index is 12.8. The summed E-state index contributed by atoms with van der Waals surface area (Å²) in [4.78, 5) is 32.5. The highest BCUT2D eigenvalue weighted by atomic mass is 32.1. The number of amides is 2. The van der Waals surface area contributed by atoms with Gasteiger partial charge in [0.1, 0.15) is 11.1 Å². The summed E-state index contributed by atoms with van der Waals surface area (Å²) in [5.41, 5.74) is 3.59. The van der Waals surface area contributed by atoms with E-state index in [1.165, 1.54) is 16.9 Å². The standard InChI is InChI=1S/C25H22N4O2S/c26-13-21-18-8-10-29(23(30)11-16-5-4-9-27-14-16)15-22(18)32-25(21)28-24(31)20-12-19(20)17-6-2-1-3-7-17/h1-7,9,14,19-20H,8,10-12,15H2,(H,28,31). The van der Waals surface area contributed by atoms with Crippen molar-refractivity contribution in [3.05, 3.63) is 82.0 Å². The fourth-order valence-electron chi connectivity index (χ4n) is 4.37. The second-order valence-electron chi connectivity index (χ2n) is 8.27. The van der Waals surface area contributed by atoms with Crippen LogP contribution in [0.1, 0.15) is 39.5 Å². The predicted octanol–water partition coefficient (Wildman–Crippen LogP) is 3.88. The van der Waals surface area contributed by atoms with Crippen molar-refractivity contribution in [2.24, 2.45) is 5.92 Å². The molecule has 2 atom stereocenters. The summed E-state index contributed by atoms with van der Waals surface area (Å²) in [6, 6.07) is 16.1. The maximum Gasteiger partial charge on any atom is 0.228 e. The van der Waals surface area contributed by atoms with Gasteiger partial charge in [-0.3, -0.25) is 14.6 Å². The monoisotopic (exact) mass is 442 g/mol. The highest BCUT2D eigenvalue weighted by Gasteiger charge is 2.44. The third-order valence-corrected chi connectivity index (χ3v) is 7.32. The highest BCUT2D eigenvalue weighted by Crippen LogP contribution is 2.48. The normalized spacial score (nSPS) is 19.0. The first kappa shape index (κ1) is 20.4. The number of aromatic nitrogens is 1. The van der Waals surface area contributed by atoms with Crippen LogP contribution in [0.25, 0.3) is 0 Å². The molecule has 2 amide bonds. The van der Waals surface area contributed by atoms with Crippen molar-refractivity contribution in [1.82, 2.24) is 9.88 Å². The molecule has 1 aliphatic carbocycles. The maximum absolute atomic E-state index is 12.8. The Labute approximate surface area is 190 Å². The zero-order valence-electron chi connectivity index (χ0n) is 17.5. The van der Waals surface area contributed by atoms with Crippen molar-refractivity contribution in [3.63, 3.8) is 0 Å².